The van der Waals surface area contributed by atoms with E-state index in [9.17, 15) is 0 Å². The van der Waals surface area contributed by atoms with Gasteiger partial charge in [0.1, 0.15) is 5.82 Å². The molecule has 0 N–H and O–H groups in total. The summed E-state index contributed by atoms with van der Waals surface area (Å²) in [6, 6.07) is 39.8. The molecule has 0 fully saturated rings. The first kappa shape index (κ1) is 20.4. The molecule has 0 aliphatic rings. The third-order valence-electron chi connectivity index (χ3n) is 8.26. The third kappa shape index (κ3) is 4.23. The van der Waals surface area contributed by atoms with Crippen molar-refractivity contribution < 1.29 is 6.85 Å². The molecule has 0 aliphatic carbocycles. The van der Waals surface area contributed by atoms with Gasteiger partial charge in [-0.2, -0.15) is 0 Å². The number of benzene rings is 7. The topological polar surface area (TPSA) is 17.8 Å². The molecule has 2 nitrogen and oxygen atoms in total. The highest BCUT2D eigenvalue weighted by Crippen LogP contribution is 2.43. The molecule has 8 rings (SSSR count). The molecule has 1 aromatic heterocycles. The van der Waals surface area contributed by atoms with E-state index >= 15 is 0 Å². The lowest BCUT2D eigenvalue weighted by Crippen LogP contribution is -1.99. The number of hydrogen-bond acceptors (Lipinski definition) is 1. The van der Waals surface area contributed by atoms with Crippen LogP contribution < -0.4 is 0 Å². The van der Waals surface area contributed by atoms with Crippen LogP contribution in [0.5, 0.6) is 0 Å². The highest BCUT2D eigenvalue weighted by Gasteiger charge is 2.16. The lowest BCUT2D eigenvalue weighted by Gasteiger charge is -2.18. The molecule has 0 spiro atoms. The molecule has 43 heavy (non-hydrogen) atoms. The predicted molar refractivity (Wildman–Crippen MR) is 182 cm³/mol. The fraction of sp³-hybridized carbons (Fsp3) is 0.0488. The average molecular weight is 556 g/mol. The van der Waals surface area contributed by atoms with E-state index in [0.29, 0.717) is 5.56 Å². The first-order valence-corrected chi connectivity index (χ1v) is 14.6. The van der Waals surface area contributed by atoms with Gasteiger partial charge in [-0.15, -0.1) is 0 Å². The van der Waals surface area contributed by atoms with Gasteiger partial charge in [-0.25, -0.2) is 4.98 Å². The van der Waals surface area contributed by atoms with Gasteiger partial charge in [0, 0.05) is 12.1 Å². The molecule has 0 radical (unpaired) electrons. The largest absolute Gasteiger partial charge is 0.296 e. The summed E-state index contributed by atoms with van der Waals surface area (Å²) in [6.45, 7) is 2.13. The molecule has 204 valence electrons. The van der Waals surface area contributed by atoms with Crippen LogP contribution in [0.2, 0.25) is 0 Å². The summed E-state index contributed by atoms with van der Waals surface area (Å²) < 4.78 is 44.6. The monoisotopic (exact) mass is 555 g/mol. The Hall–Kier alpha value is -5.47. The molecular formula is C41H30N2. The summed E-state index contributed by atoms with van der Waals surface area (Å²) in [7, 11) is 0. The molecule has 0 saturated heterocycles. The van der Waals surface area contributed by atoms with E-state index in [4.69, 9.17) is 11.8 Å². The third-order valence-corrected chi connectivity index (χ3v) is 8.26. The summed E-state index contributed by atoms with van der Waals surface area (Å²) in [5.41, 5.74) is 8.33. The Kier molecular flexibility index (Phi) is 4.95. The summed E-state index contributed by atoms with van der Waals surface area (Å²) in [5, 5.41) is 3.58. The van der Waals surface area contributed by atoms with Crippen molar-refractivity contribution in [3.63, 3.8) is 0 Å². The predicted octanol–water partition coefficient (Wildman–Crippen LogP) is 10.9. The second kappa shape index (κ2) is 10.4. The molecule has 8 aromatic rings. The summed E-state index contributed by atoms with van der Waals surface area (Å²) in [4.78, 5) is 4.83. The van der Waals surface area contributed by atoms with Crippen LogP contribution in [0.15, 0.2) is 152 Å². The van der Waals surface area contributed by atoms with Crippen molar-refractivity contribution in [2.45, 2.75) is 13.3 Å². The Labute approximate surface area is 258 Å². The van der Waals surface area contributed by atoms with Crippen molar-refractivity contribution in [2.24, 2.45) is 0 Å². The summed E-state index contributed by atoms with van der Waals surface area (Å²) in [5.74, 6) is 1.03. The first-order chi connectivity index (χ1) is 23.4. The van der Waals surface area contributed by atoms with E-state index in [-0.39, 0.29) is 29.7 Å². The number of fused-ring (bicyclic) bond motifs is 3. The van der Waals surface area contributed by atoms with Gasteiger partial charge in [0.2, 0.25) is 0 Å². The fourth-order valence-electron chi connectivity index (χ4n) is 6.32. The average Bonchev–Trinajstić information content (AvgIpc) is 3.52. The van der Waals surface area contributed by atoms with Gasteiger partial charge in [0.05, 0.1) is 17.9 Å². The van der Waals surface area contributed by atoms with Gasteiger partial charge in [-0.1, -0.05) is 134 Å². The Morgan fingerprint density at radius 3 is 1.60 bits per heavy atom. The number of rotatable bonds is 5. The van der Waals surface area contributed by atoms with Crippen molar-refractivity contribution in [1.29, 1.82) is 0 Å². The number of hydrogen-bond donors (Lipinski definition) is 0. The molecule has 1 heterocycles. The minimum absolute atomic E-state index is 0.202. The normalized spacial score (nSPS) is 13.1. The van der Waals surface area contributed by atoms with Crippen molar-refractivity contribution in [2.75, 3.05) is 0 Å². The molecule has 2 heteroatoms. The van der Waals surface area contributed by atoms with E-state index in [1.807, 2.05) is 60.7 Å². The van der Waals surface area contributed by atoms with Gasteiger partial charge in [0.25, 0.3) is 0 Å². The van der Waals surface area contributed by atoms with E-state index in [0.717, 1.165) is 72.8 Å². The molecule has 0 saturated carbocycles. The minimum Gasteiger partial charge on any atom is -0.296 e. The smallest absolute Gasteiger partial charge is 0.114 e. The van der Waals surface area contributed by atoms with E-state index < -0.39 is 6.04 Å². The highest BCUT2D eigenvalue weighted by atomic mass is 15.1. The number of nitrogens with zero attached hydrogens (tertiary/aromatic N) is 2. The van der Waals surface area contributed by atoms with Crippen LogP contribution in [-0.2, 0) is 6.42 Å². The second-order valence-corrected chi connectivity index (χ2v) is 10.7. The standard InChI is InChI=1S/C41H30N2/c1-2-39-42-37-18-10-11-19-38(37)43(39)32-26-24-29(25-27-32)28-20-22-31(23-21-28)41-35-16-8-6-14-33(35)40(30-12-4-3-5-13-30)34-15-7-9-17-36(34)41/h3-27H,2H2,1H3/i3D,4D,5D,12D,13D. The van der Waals surface area contributed by atoms with E-state index in [1.165, 1.54) is 0 Å². The Balaban J connectivity index is 1.25. The maximum atomic E-state index is 8.78. The lowest BCUT2D eigenvalue weighted by atomic mass is 9.86. The van der Waals surface area contributed by atoms with Crippen molar-refractivity contribution >= 4 is 32.6 Å². The number of aromatic nitrogens is 2. The second-order valence-electron chi connectivity index (χ2n) is 10.7. The van der Waals surface area contributed by atoms with Crippen molar-refractivity contribution in [3.8, 4) is 39.1 Å². The van der Waals surface area contributed by atoms with Crippen LogP contribution >= 0.6 is 0 Å². The van der Waals surface area contributed by atoms with Crippen LogP contribution in [0.1, 0.15) is 19.6 Å². The van der Waals surface area contributed by atoms with Crippen molar-refractivity contribution in [3.05, 3.63) is 157 Å². The van der Waals surface area contributed by atoms with E-state index in [1.54, 1.807) is 0 Å². The SMILES string of the molecule is [2H]c1c([2H])c([2H])c(-c2c3ccccc3c(-c3ccc(-c4ccc(-n5c(CC)nc6ccccc65)cc4)cc3)c3ccccc23)c([2H])c1[2H]. The number of para-hydroxylation sites is 2. The van der Waals surface area contributed by atoms with Crippen molar-refractivity contribution in [1.82, 2.24) is 9.55 Å². The van der Waals surface area contributed by atoms with Gasteiger partial charge >= 0.3 is 0 Å². The van der Waals surface area contributed by atoms with E-state index in [2.05, 4.69) is 72.2 Å². The summed E-state index contributed by atoms with van der Waals surface area (Å²) >= 11 is 0. The maximum Gasteiger partial charge on any atom is 0.114 e. The highest BCUT2D eigenvalue weighted by molar-refractivity contribution is 6.21. The van der Waals surface area contributed by atoms with Gasteiger partial charge < -0.3 is 0 Å². The molecular weight excluding hydrogens is 520 g/mol. The lowest BCUT2D eigenvalue weighted by molar-refractivity contribution is 0.908. The molecule has 7 aromatic carbocycles. The van der Waals surface area contributed by atoms with Crippen LogP contribution in [-0.4, -0.2) is 9.55 Å². The van der Waals surface area contributed by atoms with Crippen LogP contribution in [0, 0.1) is 0 Å². The Morgan fingerprint density at radius 2 is 1.02 bits per heavy atom. The van der Waals surface area contributed by atoms with Crippen LogP contribution in [0.4, 0.5) is 0 Å². The summed E-state index contributed by atoms with van der Waals surface area (Å²) in [6.07, 6.45) is 0.838. The molecule has 0 aliphatic heterocycles. The molecule has 0 amide bonds. The molecule has 0 bridgehead atoms. The van der Waals surface area contributed by atoms with Gasteiger partial charge in [-0.05, 0) is 79.2 Å². The van der Waals surface area contributed by atoms with Gasteiger partial charge in [-0.3, -0.25) is 4.57 Å². The molecule has 0 unspecified atom stereocenters. The maximum absolute atomic E-state index is 8.78. The Morgan fingerprint density at radius 1 is 0.535 bits per heavy atom. The minimum atomic E-state index is -0.394. The number of aryl methyl sites for hydroxylation is 1. The quantitative estimate of drug-likeness (QED) is 0.193. The zero-order valence-electron chi connectivity index (χ0n) is 28.6. The zero-order chi connectivity index (χ0) is 33.1. The Bertz CT molecular complexity index is 2450. The zero-order valence-corrected chi connectivity index (χ0v) is 23.6. The van der Waals surface area contributed by atoms with Crippen LogP contribution in [0.3, 0.4) is 0 Å². The van der Waals surface area contributed by atoms with Gasteiger partial charge in [0.15, 0.2) is 0 Å². The number of imidazole rings is 1. The fourth-order valence-corrected chi connectivity index (χ4v) is 6.32. The van der Waals surface area contributed by atoms with Crippen LogP contribution in [0.25, 0.3) is 71.6 Å². The molecule has 0 atom stereocenters. The first-order valence-electron chi connectivity index (χ1n) is 17.1.